The molecule has 10 heteroatoms. The van der Waals surface area contributed by atoms with Crippen molar-refractivity contribution in [3.8, 4) is 5.88 Å². The minimum Gasteiger partial charge on any atom is -0.470 e. The van der Waals surface area contributed by atoms with Crippen molar-refractivity contribution in [1.29, 1.82) is 0 Å². The molecule has 2 N–H and O–H groups in total. The number of nitrogens with zero attached hydrogens (tertiary/aromatic N) is 2. The van der Waals surface area contributed by atoms with E-state index < -0.39 is 10.0 Å². The van der Waals surface area contributed by atoms with Crippen LogP contribution in [-0.4, -0.2) is 68.9 Å². The summed E-state index contributed by atoms with van der Waals surface area (Å²) in [5.74, 6) is 0.778. The van der Waals surface area contributed by atoms with Crippen molar-refractivity contribution in [3.63, 3.8) is 0 Å². The van der Waals surface area contributed by atoms with Gasteiger partial charge >= 0.3 is 0 Å². The van der Waals surface area contributed by atoms with E-state index in [4.69, 9.17) is 9.47 Å². The lowest BCUT2D eigenvalue weighted by atomic mass is 9.82. The van der Waals surface area contributed by atoms with E-state index in [0.717, 1.165) is 62.6 Å². The Morgan fingerprint density at radius 2 is 2.00 bits per heavy atom. The van der Waals surface area contributed by atoms with Crippen LogP contribution < -0.4 is 14.8 Å². The van der Waals surface area contributed by atoms with Crippen LogP contribution in [0, 0.1) is 6.92 Å². The number of aryl methyl sites for hydroxylation is 1. The fourth-order valence-corrected chi connectivity index (χ4v) is 5.29. The van der Waals surface area contributed by atoms with Crippen molar-refractivity contribution in [3.05, 3.63) is 17.6 Å². The molecule has 168 valence electrons. The van der Waals surface area contributed by atoms with Gasteiger partial charge in [0.05, 0.1) is 19.0 Å². The van der Waals surface area contributed by atoms with E-state index in [2.05, 4.69) is 20.0 Å². The molecule has 2 fully saturated rings. The molecular weight excluding hydrogens is 408 g/mol. The largest absolute Gasteiger partial charge is 0.470 e. The molecule has 9 nitrogen and oxygen atoms in total. The summed E-state index contributed by atoms with van der Waals surface area (Å²) in [5.41, 5.74) is 1.88. The number of ether oxygens (including phenoxy) is 2. The van der Waals surface area contributed by atoms with Gasteiger partial charge in [-0.3, -0.25) is 4.79 Å². The number of hydrogen-bond acceptors (Lipinski definition) is 8. The summed E-state index contributed by atoms with van der Waals surface area (Å²) < 4.78 is 37.7. The number of carbonyl (C=O) groups excluding carboxylic acids is 1. The molecule has 1 saturated carbocycles. The molecule has 1 aromatic heterocycles. The highest BCUT2D eigenvalue weighted by Gasteiger charge is 2.31. The van der Waals surface area contributed by atoms with Crippen LogP contribution in [0.1, 0.15) is 55.7 Å². The van der Waals surface area contributed by atoms with Gasteiger partial charge in [-0.15, -0.1) is 0 Å². The summed E-state index contributed by atoms with van der Waals surface area (Å²) >= 11 is 0. The van der Waals surface area contributed by atoms with Gasteiger partial charge in [0.2, 0.25) is 15.9 Å². The molecule has 1 aliphatic carbocycles. The van der Waals surface area contributed by atoms with Crippen LogP contribution in [-0.2, 0) is 19.6 Å². The van der Waals surface area contributed by atoms with Crippen LogP contribution in [0.2, 0.25) is 0 Å². The monoisotopic (exact) mass is 440 g/mol. The second-order valence-electron chi connectivity index (χ2n) is 8.16. The number of aldehydes is 1. The molecule has 0 amide bonds. The molecule has 0 bridgehead atoms. The Balaban J connectivity index is 1.53. The number of rotatable bonds is 9. The Labute approximate surface area is 178 Å². The highest BCUT2D eigenvalue weighted by molar-refractivity contribution is 7.88. The van der Waals surface area contributed by atoms with E-state index in [9.17, 15) is 13.2 Å². The second kappa shape index (κ2) is 10.6. The van der Waals surface area contributed by atoms with Gasteiger partial charge < -0.3 is 14.8 Å². The maximum absolute atomic E-state index is 11.6. The number of aromatic nitrogens is 2. The lowest BCUT2D eigenvalue weighted by Crippen LogP contribution is -2.55. The summed E-state index contributed by atoms with van der Waals surface area (Å²) in [5, 5.41) is 3.39. The maximum atomic E-state index is 11.6. The first-order valence-electron chi connectivity index (χ1n) is 10.6. The third kappa shape index (κ3) is 6.44. The summed E-state index contributed by atoms with van der Waals surface area (Å²) in [6, 6.07) is -0.147. The maximum Gasteiger partial charge on any atom is 0.220 e. The number of piperidine rings is 1. The SMILES string of the molecule is Cc1ncnc(OCC=O)c1[C@H]1CC[C@@H](OC[C@@H]2NCCC[C@@H]2NS(C)(=O)=O)CC1. The van der Waals surface area contributed by atoms with E-state index in [1.54, 1.807) is 0 Å². The fourth-order valence-electron chi connectivity index (χ4n) is 4.46. The predicted molar refractivity (Wildman–Crippen MR) is 112 cm³/mol. The van der Waals surface area contributed by atoms with E-state index in [0.29, 0.717) is 12.5 Å². The highest BCUT2D eigenvalue weighted by Crippen LogP contribution is 2.38. The normalized spacial score (nSPS) is 27.5. The van der Waals surface area contributed by atoms with Crippen LogP contribution in [0.25, 0.3) is 0 Å². The standard InChI is InChI=1S/C20H32N4O5S/c1-14-19(20(23-13-22-14)28-11-10-25)15-5-7-16(8-6-15)29-12-18-17(4-3-9-21-18)24-30(2,26)27/h10,13,15-18,21,24H,3-9,11-12H2,1-2H3/t15-,16+,17-,18-/m0/s1. The molecule has 0 unspecified atom stereocenters. The zero-order chi connectivity index (χ0) is 21.6. The Morgan fingerprint density at radius 1 is 1.23 bits per heavy atom. The van der Waals surface area contributed by atoms with Gasteiger partial charge in [0, 0.05) is 23.3 Å². The molecule has 0 spiro atoms. The number of carbonyl (C=O) groups is 1. The minimum absolute atomic E-state index is 0.0145. The Morgan fingerprint density at radius 3 is 2.70 bits per heavy atom. The Hall–Kier alpha value is -1.62. The highest BCUT2D eigenvalue weighted by atomic mass is 32.2. The molecule has 2 aliphatic rings. The summed E-state index contributed by atoms with van der Waals surface area (Å²) in [4.78, 5) is 19.2. The van der Waals surface area contributed by atoms with Crippen LogP contribution in [0.5, 0.6) is 5.88 Å². The third-order valence-corrected chi connectivity index (χ3v) is 6.61. The predicted octanol–water partition coefficient (Wildman–Crippen LogP) is 1.08. The minimum atomic E-state index is -3.24. The van der Waals surface area contributed by atoms with Gasteiger partial charge in [0.25, 0.3) is 0 Å². The molecule has 3 rings (SSSR count). The van der Waals surface area contributed by atoms with Crippen LogP contribution in [0.4, 0.5) is 0 Å². The van der Waals surface area contributed by atoms with Crippen molar-refractivity contribution in [2.75, 3.05) is 26.0 Å². The average molecular weight is 441 g/mol. The molecule has 2 heterocycles. The van der Waals surface area contributed by atoms with E-state index >= 15 is 0 Å². The zero-order valence-electron chi connectivity index (χ0n) is 17.7. The average Bonchev–Trinajstić information content (AvgIpc) is 2.71. The van der Waals surface area contributed by atoms with Gasteiger partial charge in [-0.1, -0.05) is 0 Å². The van der Waals surface area contributed by atoms with Crippen molar-refractivity contribution < 1.29 is 22.7 Å². The summed E-state index contributed by atoms with van der Waals surface area (Å²) in [7, 11) is -3.24. The first kappa shape index (κ1) is 23.1. The van der Waals surface area contributed by atoms with Gasteiger partial charge in [-0.2, -0.15) is 0 Å². The van der Waals surface area contributed by atoms with Gasteiger partial charge in [-0.05, 0) is 57.9 Å². The lowest BCUT2D eigenvalue weighted by molar-refractivity contribution is -0.109. The number of hydrogen-bond donors (Lipinski definition) is 2. The fraction of sp³-hybridized carbons (Fsp3) is 0.750. The third-order valence-electron chi connectivity index (χ3n) is 5.88. The second-order valence-corrected chi connectivity index (χ2v) is 9.94. The number of sulfonamides is 1. The molecule has 1 aliphatic heterocycles. The quantitative estimate of drug-likeness (QED) is 0.548. The Bertz CT molecular complexity index is 811. The lowest BCUT2D eigenvalue weighted by Gasteiger charge is -2.35. The molecular formula is C20H32N4O5S. The van der Waals surface area contributed by atoms with Crippen molar-refractivity contribution >= 4 is 16.3 Å². The molecule has 30 heavy (non-hydrogen) atoms. The summed E-state index contributed by atoms with van der Waals surface area (Å²) in [6.45, 7) is 3.29. The van der Waals surface area contributed by atoms with Crippen LogP contribution in [0.3, 0.4) is 0 Å². The first-order chi connectivity index (χ1) is 14.4. The molecule has 2 atom stereocenters. The first-order valence-corrected chi connectivity index (χ1v) is 12.5. The molecule has 1 aromatic rings. The van der Waals surface area contributed by atoms with Gasteiger partial charge in [0.1, 0.15) is 12.9 Å². The van der Waals surface area contributed by atoms with Crippen molar-refractivity contribution in [2.45, 2.75) is 69.6 Å². The zero-order valence-corrected chi connectivity index (χ0v) is 18.5. The summed E-state index contributed by atoms with van der Waals surface area (Å²) in [6.07, 6.45) is 8.96. The van der Waals surface area contributed by atoms with E-state index in [1.165, 1.54) is 12.6 Å². The van der Waals surface area contributed by atoms with Crippen LogP contribution >= 0.6 is 0 Å². The molecule has 1 saturated heterocycles. The van der Waals surface area contributed by atoms with Crippen molar-refractivity contribution in [1.82, 2.24) is 20.0 Å². The van der Waals surface area contributed by atoms with Gasteiger partial charge in [-0.25, -0.2) is 23.1 Å². The Kier molecular flexibility index (Phi) is 8.15. The topological polar surface area (TPSA) is 120 Å². The van der Waals surface area contributed by atoms with Crippen molar-refractivity contribution in [2.24, 2.45) is 0 Å². The van der Waals surface area contributed by atoms with Crippen LogP contribution in [0.15, 0.2) is 6.33 Å². The molecule has 0 radical (unpaired) electrons. The van der Waals surface area contributed by atoms with Gasteiger partial charge in [0.15, 0.2) is 6.29 Å². The number of nitrogens with one attached hydrogen (secondary N) is 2. The molecule has 0 aromatic carbocycles. The van der Waals surface area contributed by atoms with E-state index in [-0.39, 0.29) is 30.7 Å². The van der Waals surface area contributed by atoms with E-state index in [1.807, 2.05) is 6.92 Å². The smallest absolute Gasteiger partial charge is 0.220 e.